The van der Waals surface area contributed by atoms with Crippen LogP contribution in [0.1, 0.15) is 24.8 Å². The SMILES string of the molecule is CCC(c1c[nH]c2ccccc12)C(N)C(=O)O. The molecule has 1 aromatic heterocycles. The number of nitrogens with two attached hydrogens (primary N) is 1. The molecule has 0 fully saturated rings. The Morgan fingerprint density at radius 3 is 2.82 bits per heavy atom. The first-order valence-electron chi connectivity index (χ1n) is 5.69. The molecule has 0 bridgehead atoms. The molecule has 0 saturated heterocycles. The largest absolute Gasteiger partial charge is 0.480 e. The van der Waals surface area contributed by atoms with E-state index in [1.165, 1.54) is 0 Å². The molecule has 0 amide bonds. The minimum atomic E-state index is -0.956. The first-order valence-corrected chi connectivity index (χ1v) is 5.69. The number of aromatic nitrogens is 1. The molecule has 0 aliphatic carbocycles. The van der Waals surface area contributed by atoms with Crippen LogP contribution in [-0.2, 0) is 4.79 Å². The number of para-hydroxylation sites is 1. The Labute approximate surface area is 99.4 Å². The number of carboxylic acids is 1. The zero-order valence-corrected chi connectivity index (χ0v) is 9.68. The molecule has 2 atom stereocenters. The van der Waals surface area contributed by atoms with Crippen molar-refractivity contribution in [3.63, 3.8) is 0 Å². The first kappa shape index (κ1) is 11.7. The van der Waals surface area contributed by atoms with E-state index >= 15 is 0 Å². The molecular weight excluding hydrogens is 216 g/mol. The second-order valence-corrected chi connectivity index (χ2v) is 4.17. The van der Waals surface area contributed by atoms with Gasteiger partial charge in [0, 0.05) is 23.0 Å². The Balaban J connectivity index is 2.47. The number of carboxylic acid groups (broad SMARTS) is 1. The van der Waals surface area contributed by atoms with Crippen molar-refractivity contribution in [3.8, 4) is 0 Å². The summed E-state index contributed by atoms with van der Waals surface area (Å²) >= 11 is 0. The van der Waals surface area contributed by atoms with E-state index in [-0.39, 0.29) is 5.92 Å². The Bertz CT molecular complexity index is 533. The average Bonchev–Trinajstić information content (AvgIpc) is 2.74. The summed E-state index contributed by atoms with van der Waals surface area (Å²) in [7, 11) is 0. The second-order valence-electron chi connectivity index (χ2n) is 4.17. The van der Waals surface area contributed by atoms with Gasteiger partial charge >= 0.3 is 5.97 Å². The second kappa shape index (κ2) is 4.59. The van der Waals surface area contributed by atoms with E-state index in [2.05, 4.69) is 4.98 Å². The van der Waals surface area contributed by atoms with Crippen LogP contribution in [0.3, 0.4) is 0 Å². The highest BCUT2D eigenvalue weighted by atomic mass is 16.4. The molecule has 17 heavy (non-hydrogen) atoms. The summed E-state index contributed by atoms with van der Waals surface area (Å²) in [5, 5.41) is 10.1. The highest BCUT2D eigenvalue weighted by Crippen LogP contribution is 2.29. The lowest BCUT2D eigenvalue weighted by Gasteiger charge is -2.18. The molecule has 0 radical (unpaired) electrons. The number of benzene rings is 1. The van der Waals surface area contributed by atoms with Crippen molar-refractivity contribution >= 4 is 16.9 Å². The number of aliphatic carboxylic acids is 1. The van der Waals surface area contributed by atoms with Gasteiger partial charge in [0.25, 0.3) is 0 Å². The highest BCUT2D eigenvalue weighted by Gasteiger charge is 2.26. The maximum absolute atomic E-state index is 11.0. The fraction of sp³-hybridized carbons (Fsp3) is 0.308. The van der Waals surface area contributed by atoms with Crippen molar-refractivity contribution in [2.75, 3.05) is 0 Å². The van der Waals surface area contributed by atoms with Gasteiger partial charge in [-0.05, 0) is 18.1 Å². The smallest absolute Gasteiger partial charge is 0.321 e. The van der Waals surface area contributed by atoms with E-state index in [4.69, 9.17) is 10.8 Å². The monoisotopic (exact) mass is 232 g/mol. The van der Waals surface area contributed by atoms with Gasteiger partial charge in [0.2, 0.25) is 0 Å². The molecule has 2 rings (SSSR count). The van der Waals surface area contributed by atoms with E-state index in [1.54, 1.807) is 0 Å². The third kappa shape index (κ3) is 2.03. The van der Waals surface area contributed by atoms with Gasteiger partial charge in [-0.15, -0.1) is 0 Å². The van der Waals surface area contributed by atoms with Gasteiger partial charge in [-0.2, -0.15) is 0 Å². The van der Waals surface area contributed by atoms with Crippen LogP contribution in [0.4, 0.5) is 0 Å². The van der Waals surface area contributed by atoms with E-state index in [0.29, 0.717) is 6.42 Å². The summed E-state index contributed by atoms with van der Waals surface area (Å²) in [6.07, 6.45) is 2.57. The molecule has 1 heterocycles. The fourth-order valence-electron chi connectivity index (χ4n) is 2.24. The maximum Gasteiger partial charge on any atom is 0.321 e. The summed E-state index contributed by atoms with van der Waals surface area (Å²) in [5.74, 6) is -1.12. The Morgan fingerprint density at radius 1 is 1.47 bits per heavy atom. The molecule has 90 valence electrons. The van der Waals surface area contributed by atoms with Gasteiger partial charge in [0.15, 0.2) is 0 Å². The molecule has 4 nitrogen and oxygen atoms in total. The van der Waals surface area contributed by atoms with Crippen molar-refractivity contribution in [1.29, 1.82) is 0 Å². The quantitative estimate of drug-likeness (QED) is 0.755. The number of H-pyrrole nitrogens is 1. The average molecular weight is 232 g/mol. The molecule has 1 aromatic carbocycles. The van der Waals surface area contributed by atoms with Gasteiger partial charge in [0.1, 0.15) is 6.04 Å². The van der Waals surface area contributed by atoms with Crippen molar-refractivity contribution in [3.05, 3.63) is 36.0 Å². The van der Waals surface area contributed by atoms with Crippen molar-refractivity contribution in [2.45, 2.75) is 25.3 Å². The van der Waals surface area contributed by atoms with Crippen molar-refractivity contribution in [1.82, 2.24) is 4.98 Å². The van der Waals surface area contributed by atoms with Gasteiger partial charge in [0.05, 0.1) is 0 Å². The van der Waals surface area contributed by atoms with Crippen LogP contribution in [0, 0.1) is 0 Å². The third-order valence-corrected chi connectivity index (χ3v) is 3.18. The predicted molar refractivity (Wildman–Crippen MR) is 66.9 cm³/mol. The van der Waals surface area contributed by atoms with Crippen LogP contribution in [0.15, 0.2) is 30.5 Å². The lowest BCUT2D eigenvalue weighted by Crippen LogP contribution is -2.36. The number of hydrogen-bond donors (Lipinski definition) is 3. The van der Waals surface area contributed by atoms with E-state index < -0.39 is 12.0 Å². The van der Waals surface area contributed by atoms with Crippen molar-refractivity contribution in [2.24, 2.45) is 5.73 Å². The number of rotatable bonds is 4. The lowest BCUT2D eigenvalue weighted by atomic mass is 9.89. The molecule has 0 aliphatic heterocycles. The van der Waals surface area contributed by atoms with Gasteiger partial charge in [-0.25, -0.2) is 0 Å². The number of fused-ring (bicyclic) bond motifs is 1. The molecule has 2 unspecified atom stereocenters. The molecule has 4 heteroatoms. The van der Waals surface area contributed by atoms with E-state index in [1.807, 2.05) is 37.4 Å². The predicted octanol–water partition coefficient (Wildman–Crippen LogP) is 2.07. The summed E-state index contributed by atoms with van der Waals surface area (Å²) in [4.78, 5) is 14.1. The van der Waals surface area contributed by atoms with E-state index in [9.17, 15) is 4.79 Å². The normalized spacial score (nSPS) is 14.7. The van der Waals surface area contributed by atoms with Gasteiger partial charge < -0.3 is 15.8 Å². The minimum Gasteiger partial charge on any atom is -0.480 e. The van der Waals surface area contributed by atoms with Crippen LogP contribution < -0.4 is 5.73 Å². The topological polar surface area (TPSA) is 79.1 Å². The number of aromatic amines is 1. The first-order chi connectivity index (χ1) is 8.15. The summed E-state index contributed by atoms with van der Waals surface area (Å²) in [6, 6.07) is 6.98. The minimum absolute atomic E-state index is 0.163. The van der Waals surface area contributed by atoms with Crippen molar-refractivity contribution < 1.29 is 9.90 Å². The molecule has 0 spiro atoms. The summed E-state index contributed by atoms with van der Waals surface area (Å²) < 4.78 is 0. The number of carbonyl (C=O) groups is 1. The number of nitrogens with one attached hydrogen (secondary N) is 1. The van der Waals surface area contributed by atoms with Crippen LogP contribution in [0.25, 0.3) is 10.9 Å². The van der Waals surface area contributed by atoms with Crippen LogP contribution in [-0.4, -0.2) is 22.1 Å². The van der Waals surface area contributed by atoms with Crippen LogP contribution in [0.2, 0.25) is 0 Å². The molecule has 4 N–H and O–H groups in total. The number of hydrogen-bond acceptors (Lipinski definition) is 2. The Morgan fingerprint density at radius 2 is 2.18 bits per heavy atom. The van der Waals surface area contributed by atoms with Crippen LogP contribution >= 0.6 is 0 Å². The molecule has 0 saturated carbocycles. The third-order valence-electron chi connectivity index (χ3n) is 3.18. The fourth-order valence-corrected chi connectivity index (χ4v) is 2.24. The van der Waals surface area contributed by atoms with Gasteiger partial charge in [-0.3, -0.25) is 4.79 Å². The van der Waals surface area contributed by atoms with Crippen LogP contribution in [0.5, 0.6) is 0 Å². The lowest BCUT2D eigenvalue weighted by molar-refractivity contribution is -0.139. The standard InChI is InChI=1S/C13H16N2O2/c1-2-8(12(14)13(16)17)10-7-15-11-6-4-3-5-9(10)11/h3-8,12,15H,2,14H2,1H3,(H,16,17). The van der Waals surface area contributed by atoms with Gasteiger partial charge in [-0.1, -0.05) is 25.1 Å². The Kier molecular flexibility index (Phi) is 3.15. The zero-order valence-electron chi connectivity index (χ0n) is 9.68. The maximum atomic E-state index is 11.0. The summed E-state index contributed by atoms with van der Waals surface area (Å²) in [5.41, 5.74) is 7.74. The molecule has 0 aliphatic rings. The summed E-state index contributed by atoms with van der Waals surface area (Å²) in [6.45, 7) is 1.95. The van der Waals surface area contributed by atoms with E-state index in [0.717, 1.165) is 16.5 Å². The zero-order chi connectivity index (χ0) is 12.4. The molecular formula is C13H16N2O2. The Hall–Kier alpha value is -1.81. The molecule has 2 aromatic rings. The highest BCUT2D eigenvalue weighted by molar-refractivity contribution is 5.85.